The van der Waals surface area contributed by atoms with Gasteiger partial charge in [0, 0.05) is 6.21 Å². The Morgan fingerprint density at radius 2 is 2.17 bits per heavy atom. The van der Waals surface area contributed by atoms with Crippen LogP contribution in [0, 0.1) is 5.92 Å². The lowest BCUT2D eigenvalue weighted by atomic mass is 10.1. The van der Waals surface area contributed by atoms with Gasteiger partial charge in [0.1, 0.15) is 11.8 Å². The number of aromatic amines is 1. The number of rotatable bonds is 2. The van der Waals surface area contributed by atoms with E-state index in [0.717, 1.165) is 0 Å². The number of hydrogen-bond acceptors (Lipinski definition) is 8. The molecule has 0 radical (unpaired) electrons. The number of nitrogen functional groups attached to an aromatic ring is 1. The summed E-state index contributed by atoms with van der Waals surface area (Å²) in [5.74, 6) is -0.981. The Labute approximate surface area is 130 Å². The van der Waals surface area contributed by atoms with Gasteiger partial charge in [0.25, 0.3) is 0 Å². The second-order valence-electron chi connectivity index (χ2n) is 4.31. The second-order valence-corrected chi connectivity index (χ2v) is 5.46. The topological polar surface area (TPSA) is 176 Å². The minimum Gasteiger partial charge on any atom is -0.382 e. The number of nitrogens with zero attached hydrogens (tertiary/aromatic N) is 4. The number of dihydropyridines is 1. The summed E-state index contributed by atoms with van der Waals surface area (Å²) in [5.41, 5.74) is 6.78. The van der Waals surface area contributed by atoms with E-state index in [2.05, 4.69) is 24.9 Å². The van der Waals surface area contributed by atoms with Crippen molar-refractivity contribution < 1.29 is 17.8 Å². The highest BCUT2D eigenvalue weighted by molar-refractivity contribution is 7.84. The molecular weight excluding hydrogens is 326 g/mol. The second kappa shape index (κ2) is 6.93. The van der Waals surface area contributed by atoms with Gasteiger partial charge in [0.2, 0.25) is 5.91 Å². The molecule has 3 heterocycles. The number of carbonyl (C=O) groups excluding carboxylic acids is 1. The summed E-state index contributed by atoms with van der Waals surface area (Å²) < 4.78 is 30.2. The number of anilines is 1. The molecule has 0 aromatic carbocycles. The third-order valence-corrected chi connectivity index (χ3v) is 3.11. The SMILES string of the molecule is Nc1ncnc2nc[nH]c12.O=C(NS(=O)(=O)O)C1C=CC=NC1. The number of aliphatic imine (C=N–C) groups is 1. The summed E-state index contributed by atoms with van der Waals surface area (Å²) >= 11 is 0. The van der Waals surface area contributed by atoms with Crippen LogP contribution in [0.25, 0.3) is 11.2 Å². The Morgan fingerprint density at radius 3 is 2.78 bits per heavy atom. The number of carbonyl (C=O) groups is 1. The molecule has 1 aliphatic heterocycles. The maximum atomic E-state index is 11.0. The van der Waals surface area contributed by atoms with Crippen molar-refractivity contribution in [2.24, 2.45) is 10.9 Å². The fraction of sp³-hybridized carbons (Fsp3) is 0.182. The van der Waals surface area contributed by atoms with Gasteiger partial charge >= 0.3 is 10.3 Å². The molecule has 3 rings (SSSR count). The first kappa shape index (κ1) is 16.5. The van der Waals surface area contributed by atoms with Gasteiger partial charge in [0.05, 0.1) is 18.8 Å². The van der Waals surface area contributed by atoms with Crippen LogP contribution in [0.15, 0.2) is 29.8 Å². The Bertz CT molecular complexity index is 858. The molecule has 0 saturated heterocycles. The standard InChI is InChI=1S/C6H8N2O4S.C5H5N5/c9-6(8-13(10,11)12)5-2-1-3-7-4-5;6-4-3-5(9-1-7-3)10-2-8-4/h1-3,5H,4H2,(H,8,9)(H,10,11,12);1-2H,(H3,6,7,8,9,10). The Morgan fingerprint density at radius 1 is 1.39 bits per heavy atom. The number of amides is 1. The number of H-pyrrole nitrogens is 1. The molecule has 11 nitrogen and oxygen atoms in total. The van der Waals surface area contributed by atoms with Gasteiger partial charge < -0.3 is 10.7 Å². The molecule has 1 atom stereocenters. The van der Waals surface area contributed by atoms with E-state index in [1.54, 1.807) is 0 Å². The Kier molecular flexibility index (Phi) is 4.98. The lowest BCUT2D eigenvalue weighted by Gasteiger charge is -2.10. The molecule has 0 saturated carbocycles. The first-order valence-corrected chi connectivity index (χ1v) is 7.66. The molecular formula is C11H13N7O4S. The average molecular weight is 339 g/mol. The van der Waals surface area contributed by atoms with Crippen molar-refractivity contribution in [1.82, 2.24) is 24.7 Å². The number of nitrogens with two attached hydrogens (primary N) is 1. The summed E-state index contributed by atoms with van der Waals surface area (Å²) in [7, 11) is -4.46. The maximum Gasteiger partial charge on any atom is 0.359 e. The van der Waals surface area contributed by atoms with Gasteiger partial charge in [-0.1, -0.05) is 6.08 Å². The van der Waals surface area contributed by atoms with E-state index in [9.17, 15) is 13.2 Å². The summed E-state index contributed by atoms with van der Waals surface area (Å²) in [6.45, 7) is 0.192. The average Bonchev–Trinajstić information content (AvgIpc) is 2.97. The van der Waals surface area contributed by atoms with Crippen molar-refractivity contribution >= 4 is 39.4 Å². The van der Waals surface area contributed by atoms with E-state index in [0.29, 0.717) is 17.0 Å². The predicted molar refractivity (Wildman–Crippen MR) is 81.8 cm³/mol. The number of fused-ring (bicyclic) bond motifs is 1. The third kappa shape index (κ3) is 4.82. The van der Waals surface area contributed by atoms with Crippen molar-refractivity contribution in [1.29, 1.82) is 0 Å². The molecule has 0 fully saturated rings. The van der Waals surface area contributed by atoms with E-state index < -0.39 is 22.1 Å². The molecule has 12 heteroatoms. The minimum absolute atomic E-state index is 0.192. The molecule has 0 spiro atoms. The van der Waals surface area contributed by atoms with Crippen LogP contribution in [0.4, 0.5) is 5.82 Å². The van der Waals surface area contributed by atoms with Crippen LogP contribution in [0.1, 0.15) is 0 Å². The van der Waals surface area contributed by atoms with Gasteiger partial charge in [-0.2, -0.15) is 8.42 Å². The van der Waals surface area contributed by atoms with Crippen LogP contribution in [0.5, 0.6) is 0 Å². The van der Waals surface area contributed by atoms with E-state index in [1.165, 1.54) is 35.7 Å². The molecule has 0 bridgehead atoms. The van der Waals surface area contributed by atoms with Gasteiger partial charge in [-0.05, 0) is 6.08 Å². The normalized spacial score (nSPS) is 16.7. The van der Waals surface area contributed by atoms with Crippen LogP contribution < -0.4 is 10.5 Å². The van der Waals surface area contributed by atoms with E-state index in [-0.39, 0.29) is 6.54 Å². The fourth-order valence-corrected chi connectivity index (χ4v) is 2.04. The monoisotopic (exact) mass is 339 g/mol. The lowest BCUT2D eigenvalue weighted by Crippen LogP contribution is -2.36. The van der Waals surface area contributed by atoms with Crippen molar-refractivity contribution in [3.05, 3.63) is 24.8 Å². The van der Waals surface area contributed by atoms with E-state index >= 15 is 0 Å². The highest BCUT2D eigenvalue weighted by Crippen LogP contribution is 2.09. The largest absolute Gasteiger partial charge is 0.382 e. The van der Waals surface area contributed by atoms with Gasteiger partial charge in [-0.15, -0.1) is 0 Å². The first-order valence-electron chi connectivity index (χ1n) is 6.22. The summed E-state index contributed by atoms with van der Waals surface area (Å²) in [5, 5.41) is 0. The molecule has 1 unspecified atom stereocenters. The zero-order chi connectivity index (χ0) is 16.9. The highest BCUT2D eigenvalue weighted by Gasteiger charge is 2.19. The molecule has 2 aromatic rings. The van der Waals surface area contributed by atoms with Crippen molar-refractivity contribution in [2.75, 3.05) is 12.3 Å². The van der Waals surface area contributed by atoms with Crippen LogP contribution in [0.3, 0.4) is 0 Å². The van der Waals surface area contributed by atoms with Gasteiger partial charge in [-0.3, -0.25) is 14.3 Å². The Hall–Kier alpha value is -2.86. The highest BCUT2D eigenvalue weighted by atomic mass is 32.2. The van der Waals surface area contributed by atoms with Crippen LogP contribution in [0.2, 0.25) is 0 Å². The predicted octanol–water partition coefficient (Wildman–Crippen LogP) is -0.903. The molecule has 5 N–H and O–H groups in total. The van der Waals surface area contributed by atoms with Crippen molar-refractivity contribution in [2.45, 2.75) is 0 Å². The molecule has 23 heavy (non-hydrogen) atoms. The Balaban J connectivity index is 0.000000172. The van der Waals surface area contributed by atoms with Gasteiger partial charge in [0.15, 0.2) is 11.5 Å². The number of nitrogens with one attached hydrogen (secondary N) is 2. The first-order chi connectivity index (χ1) is 10.9. The number of hydrogen-bond donors (Lipinski definition) is 4. The van der Waals surface area contributed by atoms with Gasteiger partial charge in [-0.25, -0.2) is 19.7 Å². The van der Waals surface area contributed by atoms with E-state index in [4.69, 9.17) is 10.3 Å². The van der Waals surface area contributed by atoms with Crippen LogP contribution >= 0.6 is 0 Å². The summed E-state index contributed by atoms with van der Waals surface area (Å²) in [6, 6.07) is 0. The quantitative estimate of drug-likeness (QED) is 0.508. The molecule has 2 aromatic heterocycles. The molecule has 0 aliphatic carbocycles. The molecule has 1 aliphatic rings. The molecule has 1 amide bonds. The zero-order valence-electron chi connectivity index (χ0n) is 11.6. The van der Waals surface area contributed by atoms with Crippen LogP contribution in [-0.4, -0.2) is 51.6 Å². The molecule has 122 valence electrons. The maximum absolute atomic E-state index is 11.0. The smallest absolute Gasteiger partial charge is 0.359 e. The lowest BCUT2D eigenvalue weighted by molar-refractivity contribution is -0.121. The fourth-order valence-electron chi connectivity index (χ4n) is 1.64. The van der Waals surface area contributed by atoms with Crippen LogP contribution in [-0.2, 0) is 15.1 Å². The number of imidazole rings is 1. The number of aromatic nitrogens is 4. The third-order valence-electron chi connectivity index (χ3n) is 2.66. The van der Waals surface area contributed by atoms with E-state index in [1.807, 2.05) is 0 Å². The zero-order valence-corrected chi connectivity index (χ0v) is 12.4. The van der Waals surface area contributed by atoms with Crippen molar-refractivity contribution in [3.63, 3.8) is 0 Å². The number of allylic oxidation sites excluding steroid dienone is 1. The minimum atomic E-state index is -4.46. The van der Waals surface area contributed by atoms with Crippen molar-refractivity contribution in [3.8, 4) is 0 Å². The summed E-state index contributed by atoms with van der Waals surface area (Å²) in [4.78, 5) is 29.2. The summed E-state index contributed by atoms with van der Waals surface area (Å²) in [6.07, 6.45) is 7.48.